The van der Waals surface area contributed by atoms with Crippen LogP contribution in [0.2, 0.25) is 5.02 Å². The average molecular weight is 310 g/mol. The van der Waals surface area contributed by atoms with Crippen molar-refractivity contribution < 1.29 is 4.79 Å². The Balaban J connectivity index is 1.99. The Morgan fingerprint density at radius 2 is 2.24 bits per heavy atom. The number of likely N-dealkylation sites (N-methyl/N-ethyl adjacent to an activating group) is 1. The number of benzene rings is 1. The summed E-state index contributed by atoms with van der Waals surface area (Å²) in [5, 5.41) is 0.698. The van der Waals surface area contributed by atoms with Gasteiger partial charge in [-0.05, 0) is 37.5 Å². The van der Waals surface area contributed by atoms with Gasteiger partial charge in [0.1, 0.15) is 6.04 Å². The van der Waals surface area contributed by atoms with Crippen molar-refractivity contribution in [2.75, 3.05) is 7.05 Å². The molecular formula is C16H24ClN3O. The lowest BCUT2D eigenvalue weighted by Crippen LogP contribution is -2.45. The molecule has 1 aliphatic rings. The van der Waals surface area contributed by atoms with Gasteiger partial charge in [0, 0.05) is 18.1 Å². The molecule has 5 heteroatoms. The highest BCUT2D eigenvalue weighted by molar-refractivity contribution is 6.30. The molecule has 116 valence electrons. The van der Waals surface area contributed by atoms with E-state index in [0.29, 0.717) is 11.1 Å². The minimum Gasteiger partial charge on any atom is -0.338 e. The fourth-order valence-corrected chi connectivity index (χ4v) is 2.95. The number of hydrogen-bond donors (Lipinski definition) is 2. The summed E-state index contributed by atoms with van der Waals surface area (Å²) in [5.74, 6) is 0.119. The number of rotatable bonds is 5. The topological polar surface area (TPSA) is 44.4 Å². The molecule has 1 heterocycles. The number of hydrogen-bond acceptors (Lipinski definition) is 3. The van der Waals surface area contributed by atoms with E-state index in [0.717, 1.165) is 24.8 Å². The van der Waals surface area contributed by atoms with Crippen molar-refractivity contribution in [1.82, 2.24) is 15.8 Å². The molecule has 0 bridgehead atoms. The van der Waals surface area contributed by atoms with Gasteiger partial charge in [0.25, 0.3) is 0 Å². The van der Waals surface area contributed by atoms with E-state index in [9.17, 15) is 4.79 Å². The number of nitrogens with zero attached hydrogens (tertiary/aromatic N) is 1. The molecule has 3 unspecified atom stereocenters. The average Bonchev–Trinajstić information content (AvgIpc) is 2.94. The van der Waals surface area contributed by atoms with Gasteiger partial charge in [-0.3, -0.25) is 10.2 Å². The van der Waals surface area contributed by atoms with Gasteiger partial charge in [-0.15, -0.1) is 0 Å². The van der Waals surface area contributed by atoms with Gasteiger partial charge in [-0.2, -0.15) is 0 Å². The van der Waals surface area contributed by atoms with Crippen molar-refractivity contribution in [2.45, 2.75) is 51.2 Å². The zero-order valence-electron chi connectivity index (χ0n) is 12.9. The van der Waals surface area contributed by atoms with Crippen LogP contribution >= 0.6 is 11.6 Å². The van der Waals surface area contributed by atoms with Crippen LogP contribution in [-0.2, 0) is 4.79 Å². The molecule has 0 aliphatic carbocycles. The van der Waals surface area contributed by atoms with Crippen LogP contribution in [0.1, 0.15) is 44.7 Å². The van der Waals surface area contributed by atoms with E-state index >= 15 is 0 Å². The van der Waals surface area contributed by atoms with Crippen LogP contribution in [0, 0.1) is 0 Å². The van der Waals surface area contributed by atoms with E-state index in [-0.39, 0.29) is 18.0 Å². The lowest BCUT2D eigenvalue weighted by Gasteiger charge is -2.28. The zero-order chi connectivity index (χ0) is 15.4. The predicted molar refractivity (Wildman–Crippen MR) is 86.0 cm³/mol. The summed E-state index contributed by atoms with van der Waals surface area (Å²) >= 11 is 6.03. The number of nitrogens with one attached hydrogen (secondary N) is 2. The van der Waals surface area contributed by atoms with Crippen molar-refractivity contribution in [3.63, 3.8) is 0 Å². The van der Waals surface area contributed by atoms with Crippen molar-refractivity contribution in [1.29, 1.82) is 0 Å². The first-order valence-corrected chi connectivity index (χ1v) is 7.94. The Kier molecular flexibility index (Phi) is 5.62. The van der Waals surface area contributed by atoms with Crippen molar-refractivity contribution in [2.24, 2.45) is 0 Å². The van der Waals surface area contributed by atoms with Gasteiger partial charge in [0.05, 0.1) is 6.04 Å². The van der Waals surface area contributed by atoms with E-state index in [1.807, 2.05) is 38.2 Å². The molecule has 2 N–H and O–H groups in total. The summed E-state index contributed by atoms with van der Waals surface area (Å²) in [4.78, 5) is 14.4. The SMILES string of the molecule is CCCC1CC(C(=O)N(C)C(C)c2cccc(Cl)c2)NN1. The maximum Gasteiger partial charge on any atom is 0.241 e. The van der Waals surface area contributed by atoms with Gasteiger partial charge in [-0.1, -0.05) is 37.1 Å². The molecular weight excluding hydrogens is 286 g/mol. The van der Waals surface area contributed by atoms with Crippen LogP contribution in [-0.4, -0.2) is 29.9 Å². The lowest BCUT2D eigenvalue weighted by atomic mass is 10.0. The van der Waals surface area contributed by atoms with Crippen LogP contribution < -0.4 is 10.9 Å². The first-order valence-electron chi connectivity index (χ1n) is 7.56. The summed E-state index contributed by atoms with van der Waals surface area (Å²) in [6.45, 7) is 4.18. The second-order valence-electron chi connectivity index (χ2n) is 5.74. The Labute approximate surface area is 131 Å². The summed E-state index contributed by atoms with van der Waals surface area (Å²) in [5.41, 5.74) is 7.39. The summed E-state index contributed by atoms with van der Waals surface area (Å²) in [6.07, 6.45) is 3.05. The molecule has 4 nitrogen and oxygen atoms in total. The van der Waals surface area contributed by atoms with Gasteiger partial charge >= 0.3 is 0 Å². The number of amides is 1. The minimum absolute atomic E-state index is 0.00299. The molecule has 1 amide bonds. The molecule has 1 aliphatic heterocycles. The molecule has 0 aromatic heterocycles. The highest BCUT2D eigenvalue weighted by Crippen LogP contribution is 2.23. The summed E-state index contributed by atoms with van der Waals surface area (Å²) in [7, 11) is 1.85. The van der Waals surface area contributed by atoms with E-state index in [1.54, 1.807) is 4.90 Å². The second kappa shape index (κ2) is 7.25. The molecule has 1 saturated heterocycles. The molecule has 0 spiro atoms. The van der Waals surface area contributed by atoms with Gasteiger partial charge in [0.15, 0.2) is 0 Å². The molecule has 1 fully saturated rings. The smallest absolute Gasteiger partial charge is 0.241 e. The van der Waals surface area contributed by atoms with Gasteiger partial charge in [-0.25, -0.2) is 5.43 Å². The van der Waals surface area contributed by atoms with Gasteiger partial charge < -0.3 is 4.90 Å². The van der Waals surface area contributed by atoms with Gasteiger partial charge in [0.2, 0.25) is 5.91 Å². The van der Waals surface area contributed by atoms with E-state index in [1.165, 1.54) is 0 Å². The number of carbonyl (C=O) groups excluding carboxylic acids is 1. The van der Waals surface area contributed by atoms with Crippen LogP contribution in [0.25, 0.3) is 0 Å². The Hall–Kier alpha value is -1.10. The lowest BCUT2D eigenvalue weighted by molar-refractivity contribution is -0.133. The third-order valence-corrected chi connectivity index (χ3v) is 4.41. The quantitative estimate of drug-likeness (QED) is 0.879. The van der Waals surface area contributed by atoms with Crippen LogP contribution in [0.4, 0.5) is 0 Å². The van der Waals surface area contributed by atoms with Crippen LogP contribution in [0.3, 0.4) is 0 Å². The van der Waals surface area contributed by atoms with E-state index in [2.05, 4.69) is 17.8 Å². The Bertz CT molecular complexity index is 494. The molecule has 1 aromatic carbocycles. The van der Waals surface area contributed by atoms with Crippen molar-refractivity contribution in [3.05, 3.63) is 34.9 Å². The predicted octanol–water partition coefficient (Wildman–Crippen LogP) is 2.89. The van der Waals surface area contributed by atoms with Crippen molar-refractivity contribution >= 4 is 17.5 Å². The third kappa shape index (κ3) is 3.96. The number of halogens is 1. The highest BCUT2D eigenvalue weighted by atomic mass is 35.5. The standard InChI is InChI=1S/C16H24ClN3O/c1-4-6-14-10-15(19-18-14)16(21)20(3)11(2)12-7-5-8-13(17)9-12/h5,7-9,11,14-15,18-19H,4,6,10H2,1-3H3. The highest BCUT2D eigenvalue weighted by Gasteiger charge is 2.32. The van der Waals surface area contributed by atoms with E-state index < -0.39 is 0 Å². The maximum absolute atomic E-state index is 12.6. The molecule has 2 rings (SSSR count). The third-order valence-electron chi connectivity index (χ3n) is 4.18. The number of hydrazine groups is 1. The normalized spacial score (nSPS) is 23.0. The summed E-state index contributed by atoms with van der Waals surface area (Å²) < 4.78 is 0. The minimum atomic E-state index is -0.145. The molecule has 0 radical (unpaired) electrons. The Morgan fingerprint density at radius 3 is 2.90 bits per heavy atom. The van der Waals surface area contributed by atoms with Crippen molar-refractivity contribution in [3.8, 4) is 0 Å². The fourth-order valence-electron chi connectivity index (χ4n) is 2.75. The first kappa shape index (κ1) is 16.3. The monoisotopic (exact) mass is 309 g/mol. The first-order chi connectivity index (χ1) is 10.0. The number of carbonyl (C=O) groups is 1. The van der Waals surface area contributed by atoms with E-state index in [4.69, 9.17) is 11.6 Å². The molecule has 0 saturated carbocycles. The second-order valence-corrected chi connectivity index (χ2v) is 6.18. The Morgan fingerprint density at radius 1 is 1.48 bits per heavy atom. The molecule has 1 aromatic rings. The molecule has 21 heavy (non-hydrogen) atoms. The largest absolute Gasteiger partial charge is 0.338 e. The fraction of sp³-hybridized carbons (Fsp3) is 0.562. The summed E-state index contributed by atoms with van der Waals surface area (Å²) in [6, 6.07) is 7.92. The molecule has 3 atom stereocenters. The zero-order valence-corrected chi connectivity index (χ0v) is 13.7. The maximum atomic E-state index is 12.6. The van der Waals surface area contributed by atoms with Crippen LogP contribution in [0.15, 0.2) is 24.3 Å². The van der Waals surface area contributed by atoms with Crippen LogP contribution in [0.5, 0.6) is 0 Å².